The molecule has 2 N–H and O–H groups in total. The molecule has 4 heterocycles. The van der Waals surface area contributed by atoms with Gasteiger partial charge in [0.25, 0.3) is 5.56 Å². The monoisotopic (exact) mass is 451 g/mol. The first-order chi connectivity index (χ1) is 16.5. The van der Waals surface area contributed by atoms with E-state index in [1.54, 1.807) is 27.2 Å². The Balaban J connectivity index is 1.58. The number of fused-ring (bicyclic) bond motifs is 2. The lowest BCUT2D eigenvalue weighted by molar-refractivity contribution is 0.645. The Labute approximate surface area is 194 Å². The largest absolute Gasteiger partial charge is 0.383 e. The third-order valence-electron chi connectivity index (χ3n) is 6.01. The number of nitrogen functional groups attached to an aromatic ring is 1. The van der Waals surface area contributed by atoms with Crippen LogP contribution in [0.4, 0.5) is 5.82 Å². The van der Waals surface area contributed by atoms with E-state index in [9.17, 15) is 4.79 Å². The molecule has 0 aliphatic heterocycles. The van der Waals surface area contributed by atoms with Gasteiger partial charge in [-0.3, -0.25) is 14.0 Å². The molecule has 1 aromatic carbocycles. The minimum atomic E-state index is -0.200. The van der Waals surface area contributed by atoms with Crippen molar-refractivity contribution in [1.82, 2.24) is 39.1 Å². The second-order valence-corrected chi connectivity index (χ2v) is 8.46. The Morgan fingerprint density at radius 3 is 2.82 bits per heavy atom. The molecule has 0 bridgehead atoms. The van der Waals surface area contributed by atoms with Gasteiger partial charge >= 0.3 is 0 Å². The number of hydrogen-bond donors (Lipinski definition) is 1. The quantitative estimate of drug-likeness (QED) is 0.416. The first kappa shape index (κ1) is 20.1. The van der Waals surface area contributed by atoms with Crippen LogP contribution in [0.2, 0.25) is 0 Å². The number of hydrogen-bond acceptors (Lipinski definition) is 7. The normalized spacial score (nSPS) is 13.4. The first-order valence-electron chi connectivity index (χ1n) is 11.0. The van der Waals surface area contributed by atoms with Crippen molar-refractivity contribution >= 4 is 27.9 Å². The predicted molar refractivity (Wildman–Crippen MR) is 127 cm³/mol. The van der Waals surface area contributed by atoms with Crippen molar-refractivity contribution in [3.05, 3.63) is 64.2 Å². The van der Waals surface area contributed by atoms with E-state index in [2.05, 4.69) is 26.9 Å². The van der Waals surface area contributed by atoms with Gasteiger partial charge in [-0.25, -0.2) is 19.6 Å². The minimum Gasteiger partial charge on any atom is -0.383 e. The lowest BCUT2D eigenvalue weighted by Gasteiger charge is -2.15. The average Bonchev–Trinajstić information content (AvgIpc) is 3.48. The summed E-state index contributed by atoms with van der Waals surface area (Å²) >= 11 is 0. The van der Waals surface area contributed by atoms with Crippen LogP contribution in [0.1, 0.15) is 29.9 Å². The zero-order valence-corrected chi connectivity index (χ0v) is 18.7. The molecule has 168 valence electrons. The number of aryl methyl sites for hydroxylation is 2. The van der Waals surface area contributed by atoms with Gasteiger partial charge in [-0.1, -0.05) is 24.1 Å². The highest BCUT2D eigenvalue weighted by molar-refractivity contribution is 5.90. The third kappa shape index (κ3) is 3.21. The fourth-order valence-electron chi connectivity index (χ4n) is 4.10. The third-order valence-corrected chi connectivity index (χ3v) is 6.01. The second kappa shape index (κ2) is 7.52. The number of nitrogens with two attached hydrogens (primary N) is 1. The highest BCUT2D eigenvalue weighted by atomic mass is 16.1. The van der Waals surface area contributed by atoms with Crippen LogP contribution >= 0.6 is 0 Å². The molecule has 0 unspecified atom stereocenters. The molecule has 10 heteroatoms. The van der Waals surface area contributed by atoms with E-state index in [-0.39, 0.29) is 12.1 Å². The smallest absolute Gasteiger partial charge is 0.284 e. The van der Waals surface area contributed by atoms with Crippen molar-refractivity contribution in [3.8, 4) is 17.5 Å². The van der Waals surface area contributed by atoms with Gasteiger partial charge < -0.3 is 5.73 Å². The summed E-state index contributed by atoms with van der Waals surface area (Å²) in [5.74, 6) is 7.62. The van der Waals surface area contributed by atoms with Crippen molar-refractivity contribution in [3.63, 3.8) is 0 Å². The van der Waals surface area contributed by atoms with Gasteiger partial charge in [0.15, 0.2) is 11.2 Å². The van der Waals surface area contributed by atoms with Crippen LogP contribution in [-0.2, 0) is 13.6 Å². The summed E-state index contributed by atoms with van der Waals surface area (Å²) < 4.78 is 4.85. The molecule has 0 radical (unpaired) electrons. The maximum Gasteiger partial charge on any atom is 0.284 e. The molecule has 1 saturated carbocycles. The van der Waals surface area contributed by atoms with Crippen molar-refractivity contribution in [1.29, 1.82) is 0 Å². The number of nitrogens with zero attached hydrogens (tertiary/aromatic N) is 8. The molecule has 6 rings (SSSR count). The SMILES string of the molecule is Cc1ccccc1-n1c(Cn2nc(C#CC3CC3)c3c(N)ncnc32)nc2cnn(C)c2c1=O. The molecule has 1 aliphatic rings. The van der Waals surface area contributed by atoms with Gasteiger partial charge in [-0.05, 0) is 37.3 Å². The van der Waals surface area contributed by atoms with Gasteiger partial charge in [-0.2, -0.15) is 10.2 Å². The molecule has 1 aliphatic carbocycles. The van der Waals surface area contributed by atoms with E-state index in [4.69, 9.17) is 15.8 Å². The maximum absolute atomic E-state index is 13.6. The van der Waals surface area contributed by atoms with Crippen LogP contribution in [0, 0.1) is 24.7 Å². The van der Waals surface area contributed by atoms with Crippen LogP contribution in [0.3, 0.4) is 0 Å². The molecule has 10 nitrogen and oxygen atoms in total. The Morgan fingerprint density at radius 2 is 2.03 bits per heavy atom. The van der Waals surface area contributed by atoms with Crippen LogP contribution in [-0.4, -0.2) is 39.1 Å². The number of anilines is 1. The van der Waals surface area contributed by atoms with E-state index in [1.807, 2.05) is 31.2 Å². The Morgan fingerprint density at radius 1 is 1.21 bits per heavy atom. The molecular formula is C24H21N9O. The zero-order chi connectivity index (χ0) is 23.4. The molecular weight excluding hydrogens is 430 g/mol. The molecule has 4 aromatic heterocycles. The van der Waals surface area contributed by atoms with Gasteiger partial charge in [0, 0.05) is 13.0 Å². The average molecular weight is 451 g/mol. The summed E-state index contributed by atoms with van der Waals surface area (Å²) in [6, 6.07) is 7.69. The zero-order valence-electron chi connectivity index (χ0n) is 18.7. The van der Waals surface area contributed by atoms with E-state index >= 15 is 0 Å². The van der Waals surface area contributed by atoms with Crippen LogP contribution in [0.25, 0.3) is 27.8 Å². The number of rotatable bonds is 3. The minimum absolute atomic E-state index is 0.187. The van der Waals surface area contributed by atoms with E-state index in [0.29, 0.717) is 45.3 Å². The van der Waals surface area contributed by atoms with Crippen molar-refractivity contribution < 1.29 is 0 Å². The molecule has 0 amide bonds. The summed E-state index contributed by atoms with van der Waals surface area (Å²) in [7, 11) is 1.73. The lowest BCUT2D eigenvalue weighted by Crippen LogP contribution is -2.27. The highest BCUT2D eigenvalue weighted by Gasteiger charge is 2.22. The van der Waals surface area contributed by atoms with Crippen molar-refractivity contribution in [2.24, 2.45) is 13.0 Å². The number of para-hydroxylation sites is 1. The van der Waals surface area contributed by atoms with Gasteiger partial charge in [0.2, 0.25) is 0 Å². The van der Waals surface area contributed by atoms with Crippen LogP contribution in [0.15, 0.2) is 41.6 Å². The Kier molecular flexibility index (Phi) is 4.45. The highest BCUT2D eigenvalue weighted by Crippen LogP contribution is 2.28. The summed E-state index contributed by atoms with van der Waals surface area (Å²) in [6.45, 7) is 2.15. The topological polar surface area (TPSA) is 122 Å². The fraction of sp³-hybridized carbons (Fsp3) is 0.250. The number of benzene rings is 1. The second-order valence-electron chi connectivity index (χ2n) is 8.46. The first-order valence-corrected chi connectivity index (χ1v) is 11.0. The fourth-order valence-corrected chi connectivity index (χ4v) is 4.10. The van der Waals surface area contributed by atoms with Crippen molar-refractivity contribution in [2.75, 3.05) is 5.73 Å². The van der Waals surface area contributed by atoms with Gasteiger partial charge in [-0.15, -0.1) is 0 Å². The van der Waals surface area contributed by atoms with Crippen LogP contribution in [0.5, 0.6) is 0 Å². The maximum atomic E-state index is 13.6. The summed E-state index contributed by atoms with van der Waals surface area (Å²) in [5, 5.41) is 9.55. The molecule has 1 fully saturated rings. The van der Waals surface area contributed by atoms with E-state index in [1.165, 1.54) is 6.33 Å². The summed E-state index contributed by atoms with van der Waals surface area (Å²) in [4.78, 5) is 27.0. The Hall–Kier alpha value is -4.52. The summed E-state index contributed by atoms with van der Waals surface area (Å²) in [6.07, 6.45) is 5.21. The van der Waals surface area contributed by atoms with Crippen molar-refractivity contribution in [2.45, 2.75) is 26.3 Å². The number of aromatic nitrogens is 8. The molecule has 5 aromatic rings. The van der Waals surface area contributed by atoms with E-state index in [0.717, 1.165) is 24.1 Å². The predicted octanol–water partition coefficient (Wildman–Crippen LogP) is 1.96. The Bertz CT molecular complexity index is 1710. The molecule has 0 saturated heterocycles. The summed E-state index contributed by atoms with van der Waals surface area (Å²) in [5.41, 5.74) is 9.70. The molecule has 0 atom stereocenters. The van der Waals surface area contributed by atoms with Crippen LogP contribution < -0.4 is 11.3 Å². The molecule has 34 heavy (non-hydrogen) atoms. The van der Waals surface area contributed by atoms with E-state index < -0.39 is 0 Å². The standard InChI is InChI=1S/C24H21N9O/c1-14-5-3-4-6-18(14)33-19(29-17-11-28-31(2)21(17)24(33)34)12-32-23-20(22(25)26-13-27-23)16(30-32)10-9-15-7-8-15/h3-6,11,13,15H,7-8,12H2,1-2H3,(H2,25,26,27). The molecule has 0 spiro atoms. The van der Waals surface area contributed by atoms with Gasteiger partial charge in [0.05, 0.1) is 17.3 Å². The van der Waals surface area contributed by atoms with Gasteiger partial charge in [0.1, 0.15) is 35.7 Å². The lowest BCUT2D eigenvalue weighted by atomic mass is 10.2.